The van der Waals surface area contributed by atoms with Crippen molar-refractivity contribution in [3.05, 3.63) is 106 Å². The summed E-state index contributed by atoms with van der Waals surface area (Å²) in [5, 5.41) is 5.68. The van der Waals surface area contributed by atoms with Gasteiger partial charge >= 0.3 is 8.60 Å². The third-order valence-corrected chi connectivity index (χ3v) is 10.6. The molecule has 47 heavy (non-hydrogen) atoms. The Bertz CT molecular complexity index is 1630. The van der Waals surface area contributed by atoms with Crippen molar-refractivity contribution >= 4 is 46.7 Å². The van der Waals surface area contributed by atoms with Crippen LogP contribution in [0.4, 0.5) is 5.69 Å². The van der Waals surface area contributed by atoms with Crippen molar-refractivity contribution in [2.24, 2.45) is 0 Å². The van der Waals surface area contributed by atoms with Crippen molar-refractivity contribution in [1.29, 1.82) is 0 Å². The summed E-state index contributed by atoms with van der Waals surface area (Å²) >= 11 is 1.51. The molecule has 1 fully saturated rings. The molecule has 8 nitrogen and oxygen atoms in total. The van der Waals surface area contributed by atoms with Crippen LogP contribution in [-0.4, -0.2) is 48.0 Å². The average molecular weight is 692 g/mol. The van der Waals surface area contributed by atoms with Gasteiger partial charge in [0.2, 0.25) is 0 Å². The predicted molar refractivity (Wildman–Crippen MR) is 194 cm³/mol. The van der Waals surface area contributed by atoms with Crippen LogP contribution in [0.25, 0.3) is 11.1 Å². The molecule has 0 radical (unpaired) electrons. The molecule has 2 amide bonds. The van der Waals surface area contributed by atoms with Crippen LogP contribution >= 0.6 is 29.2 Å². The second kappa shape index (κ2) is 16.4. The Labute approximate surface area is 285 Å². The fourth-order valence-corrected chi connectivity index (χ4v) is 7.47. The van der Waals surface area contributed by atoms with Gasteiger partial charge in [-0.25, -0.2) is 4.98 Å². The van der Waals surface area contributed by atoms with E-state index in [4.69, 9.17) is 18.6 Å². The van der Waals surface area contributed by atoms with Gasteiger partial charge in [-0.3, -0.25) is 9.59 Å². The number of amides is 2. The number of carbonyl (C=O) groups is 2. The van der Waals surface area contributed by atoms with E-state index in [9.17, 15) is 9.59 Å². The molecule has 1 saturated heterocycles. The van der Waals surface area contributed by atoms with Gasteiger partial charge in [0.1, 0.15) is 5.69 Å². The maximum Gasteiger partial charge on any atom is 0.332 e. The van der Waals surface area contributed by atoms with Crippen LogP contribution in [0, 0.1) is 0 Å². The number of piperidine rings is 1. The van der Waals surface area contributed by atoms with Crippen molar-refractivity contribution in [2.75, 3.05) is 31.6 Å². The van der Waals surface area contributed by atoms with Crippen LogP contribution in [0.3, 0.4) is 0 Å². The van der Waals surface area contributed by atoms with Crippen LogP contribution in [0.5, 0.6) is 0 Å². The second-order valence-electron chi connectivity index (χ2n) is 12.0. The summed E-state index contributed by atoms with van der Waals surface area (Å²) < 4.78 is 16.7. The Kier molecular flexibility index (Phi) is 12.3. The van der Waals surface area contributed by atoms with Crippen LogP contribution in [0.15, 0.2) is 78.2 Å². The molecule has 1 unspecified atom stereocenters. The summed E-state index contributed by atoms with van der Waals surface area (Å²) in [5.74, 6) is 0.0173. The molecule has 5 rings (SSSR count). The molecule has 1 aromatic heterocycles. The number of thiazole rings is 1. The van der Waals surface area contributed by atoms with Gasteiger partial charge in [0.15, 0.2) is 0 Å². The number of hydrogen-bond acceptors (Lipinski definition) is 7. The SMILES string of the molecule is CCOP(OCC)OCc1ccc(NC(=O)c2csc(C3CCN(C(=O)c4ccccc4-c4ccc(C(C)(C)P)cc4)CC3)n2)cc1. The Morgan fingerprint density at radius 2 is 1.62 bits per heavy atom. The van der Waals surface area contributed by atoms with E-state index in [1.807, 2.05) is 72.7 Å². The lowest BCUT2D eigenvalue weighted by molar-refractivity contribution is 0.0713. The molecule has 0 aliphatic carbocycles. The zero-order valence-corrected chi connectivity index (χ0v) is 30.3. The highest BCUT2D eigenvalue weighted by Crippen LogP contribution is 2.40. The monoisotopic (exact) mass is 691 g/mol. The van der Waals surface area contributed by atoms with Gasteiger partial charge in [0, 0.05) is 40.8 Å². The first kappa shape index (κ1) is 35.3. The lowest BCUT2D eigenvalue weighted by Gasteiger charge is -2.31. The first-order chi connectivity index (χ1) is 22.7. The number of anilines is 1. The van der Waals surface area contributed by atoms with Crippen LogP contribution < -0.4 is 5.32 Å². The fourth-order valence-electron chi connectivity index (χ4n) is 5.41. The smallest absolute Gasteiger partial charge is 0.332 e. The molecule has 1 aliphatic rings. The minimum atomic E-state index is -1.37. The molecule has 4 aromatic rings. The van der Waals surface area contributed by atoms with Crippen molar-refractivity contribution in [3.63, 3.8) is 0 Å². The summed E-state index contributed by atoms with van der Waals surface area (Å²) in [7, 11) is 1.51. The summed E-state index contributed by atoms with van der Waals surface area (Å²) in [4.78, 5) is 33.3. The second-order valence-corrected chi connectivity index (χ2v) is 15.5. The maximum absolute atomic E-state index is 13.7. The van der Waals surface area contributed by atoms with Crippen LogP contribution in [0.2, 0.25) is 0 Å². The molecule has 2 heterocycles. The average Bonchev–Trinajstić information content (AvgIpc) is 3.58. The van der Waals surface area contributed by atoms with E-state index in [2.05, 4.69) is 52.7 Å². The minimum Gasteiger partial charge on any atom is -0.339 e. The quantitative estimate of drug-likeness (QED) is 0.141. The van der Waals surface area contributed by atoms with E-state index < -0.39 is 8.60 Å². The Hall–Kier alpha value is -3.03. The molecule has 248 valence electrons. The van der Waals surface area contributed by atoms with Gasteiger partial charge in [0.25, 0.3) is 11.8 Å². The van der Waals surface area contributed by atoms with Gasteiger partial charge < -0.3 is 23.8 Å². The number of benzene rings is 3. The number of nitrogens with one attached hydrogen (secondary N) is 1. The van der Waals surface area contributed by atoms with Crippen LogP contribution in [-0.2, 0) is 25.3 Å². The van der Waals surface area contributed by atoms with E-state index >= 15 is 0 Å². The zero-order chi connectivity index (χ0) is 33.4. The standard InChI is InChI=1S/C36H43N3O5P2S/c1-5-42-46(43-6-2)44-23-25-11-17-29(18-12-25)37-33(40)32-24-47-34(38-32)27-19-21-39(22-20-27)35(41)31-10-8-7-9-30(31)26-13-15-28(16-14-26)36(3,4)45/h7-18,24,27H,5-6,19-23,45H2,1-4H3,(H,37,40). The van der Waals surface area contributed by atoms with Gasteiger partial charge in [-0.05, 0) is 67.1 Å². The number of rotatable bonds is 13. The number of hydrogen-bond donors (Lipinski definition) is 1. The molecule has 1 aliphatic heterocycles. The molecule has 1 atom stereocenters. The lowest BCUT2D eigenvalue weighted by atomic mass is 9.93. The van der Waals surface area contributed by atoms with Crippen molar-refractivity contribution in [1.82, 2.24) is 9.88 Å². The number of nitrogens with zero attached hydrogens (tertiary/aromatic N) is 2. The van der Waals surface area contributed by atoms with Gasteiger partial charge in [0.05, 0.1) is 24.8 Å². The molecule has 1 N–H and O–H groups in total. The fraction of sp³-hybridized carbons (Fsp3) is 0.361. The van der Waals surface area contributed by atoms with E-state index in [0.29, 0.717) is 44.3 Å². The highest BCUT2D eigenvalue weighted by atomic mass is 32.1. The highest BCUT2D eigenvalue weighted by molar-refractivity contribution is 7.41. The molecule has 0 bridgehead atoms. The normalized spacial score (nSPS) is 14.0. The van der Waals surface area contributed by atoms with Gasteiger partial charge in [-0.15, -0.1) is 20.6 Å². The summed E-state index contributed by atoms with van der Waals surface area (Å²) in [6.45, 7) is 10.8. The molecule has 0 spiro atoms. The highest BCUT2D eigenvalue weighted by Gasteiger charge is 2.28. The third kappa shape index (κ3) is 9.32. The van der Waals surface area contributed by atoms with E-state index in [1.165, 1.54) is 16.9 Å². The first-order valence-electron chi connectivity index (χ1n) is 16.0. The third-order valence-electron chi connectivity index (χ3n) is 8.00. The van der Waals surface area contributed by atoms with Gasteiger partial charge in [-0.1, -0.05) is 68.4 Å². The maximum atomic E-state index is 13.7. The lowest BCUT2D eigenvalue weighted by Crippen LogP contribution is -2.38. The van der Waals surface area contributed by atoms with Crippen LogP contribution in [0.1, 0.15) is 83.4 Å². The molecular formula is C36H43N3O5P2S. The largest absolute Gasteiger partial charge is 0.339 e. The van der Waals surface area contributed by atoms with E-state index in [1.54, 1.807) is 0 Å². The minimum absolute atomic E-state index is 0.0116. The summed E-state index contributed by atoms with van der Waals surface area (Å²) in [6.07, 6.45) is 1.61. The van der Waals surface area contributed by atoms with Gasteiger partial charge in [-0.2, -0.15) is 0 Å². The van der Waals surface area contributed by atoms with E-state index in [0.717, 1.165) is 40.1 Å². The number of aromatic nitrogens is 1. The molecular weight excluding hydrogens is 648 g/mol. The number of carbonyl (C=O) groups excluding carboxylic acids is 2. The Balaban J connectivity index is 1.14. The van der Waals surface area contributed by atoms with Crippen molar-refractivity contribution in [3.8, 4) is 11.1 Å². The Morgan fingerprint density at radius 3 is 2.26 bits per heavy atom. The number of likely N-dealkylation sites (tertiary alicyclic amines) is 1. The molecule has 11 heteroatoms. The predicted octanol–water partition coefficient (Wildman–Crippen LogP) is 9.01. The Morgan fingerprint density at radius 1 is 0.957 bits per heavy atom. The zero-order valence-electron chi connectivity index (χ0n) is 27.4. The van der Waals surface area contributed by atoms with E-state index in [-0.39, 0.29) is 22.9 Å². The first-order valence-corrected chi connectivity index (χ1v) is 18.5. The molecule has 3 aromatic carbocycles. The topological polar surface area (TPSA) is 90.0 Å². The summed E-state index contributed by atoms with van der Waals surface area (Å²) in [6, 6.07) is 23.8. The summed E-state index contributed by atoms with van der Waals surface area (Å²) in [5.41, 5.74) is 5.97. The van der Waals surface area contributed by atoms with Crippen molar-refractivity contribution < 1.29 is 23.2 Å². The molecule has 0 saturated carbocycles. The van der Waals surface area contributed by atoms with Crippen molar-refractivity contribution in [2.45, 2.75) is 58.2 Å².